The normalized spacial score (nSPS) is 18.2. The van der Waals surface area contributed by atoms with E-state index >= 15 is 0 Å². The average molecular weight is 229 g/mol. The Balaban J connectivity index is 2.07. The fourth-order valence-corrected chi connectivity index (χ4v) is 2.20. The van der Waals surface area contributed by atoms with Crippen LogP contribution in [0.2, 0.25) is 0 Å². The van der Waals surface area contributed by atoms with Crippen LogP contribution in [0.25, 0.3) is 0 Å². The van der Waals surface area contributed by atoms with Crippen LogP contribution in [-0.2, 0) is 6.54 Å². The number of rotatable bonds is 3. The summed E-state index contributed by atoms with van der Waals surface area (Å²) >= 11 is 0. The Hall–Kier alpha value is -0.970. The van der Waals surface area contributed by atoms with Gasteiger partial charge in [-0.3, -0.25) is 4.68 Å². The maximum absolute atomic E-state index is 12.7. The van der Waals surface area contributed by atoms with Crippen LogP contribution in [0.3, 0.4) is 0 Å². The topological polar surface area (TPSA) is 29.9 Å². The molecule has 90 valence electrons. The molecule has 1 fully saturated rings. The number of alkyl halides is 2. The van der Waals surface area contributed by atoms with Crippen LogP contribution >= 0.6 is 0 Å². The van der Waals surface area contributed by atoms with Crippen LogP contribution in [0.5, 0.6) is 0 Å². The van der Waals surface area contributed by atoms with Gasteiger partial charge in [0.25, 0.3) is 6.43 Å². The van der Waals surface area contributed by atoms with Gasteiger partial charge in [-0.1, -0.05) is 0 Å². The van der Waals surface area contributed by atoms with Crippen LogP contribution < -0.4 is 5.32 Å². The van der Waals surface area contributed by atoms with Crippen LogP contribution in [0.15, 0.2) is 6.07 Å². The standard InChI is InChI=1S/C11H17F2N3/c1-8-6-10(11(12)13)16(15-8)7-9-2-4-14-5-3-9/h6,9,11,14H,2-5,7H2,1H3. The van der Waals surface area contributed by atoms with E-state index in [0.717, 1.165) is 25.9 Å². The number of piperidine rings is 1. The van der Waals surface area contributed by atoms with E-state index in [2.05, 4.69) is 10.4 Å². The number of halogens is 2. The van der Waals surface area contributed by atoms with Crippen molar-refractivity contribution in [1.29, 1.82) is 0 Å². The summed E-state index contributed by atoms with van der Waals surface area (Å²) in [5.41, 5.74) is 0.722. The molecular weight excluding hydrogens is 212 g/mol. The highest BCUT2D eigenvalue weighted by atomic mass is 19.3. The number of nitrogens with one attached hydrogen (secondary N) is 1. The van der Waals surface area contributed by atoms with Gasteiger partial charge in [-0.25, -0.2) is 8.78 Å². The van der Waals surface area contributed by atoms with Gasteiger partial charge in [0.2, 0.25) is 0 Å². The van der Waals surface area contributed by atoms with Crippen LogP contribution in [0, 0.1) is 12.8 Å². The maximum Gasteiger partial charge on any atom is 0.280 e. The minimum Gasteiger partial charge on any atom is -0.317 e. The SMILES string of the molecule is Cc1cc(C(F)F)n(CC2CCNCC2)n1. The van der Waals surface area contributed by atoms with E-state index in [1.54, 1.807) is 6.92 Å². The van der Waals surface area contributed by atoms with Gasteiger partial charge in [0.1, 0.15) is 5.69 Å². The van der Waals surface area contributed by atoms with E-state index in [9.17, 15) is 8.78 Å². The van der Waals surface area contributed by atoms with Gasteiger partial charge in [-0.2, -0.15) is 5.10 Å². The predicted octanol–water partition coefficient (Wildman–Crippen LogP) is 2.13. The average Bonchev–Trinajstić information content (AvgIpc) is 2.61. The highest BCUT2D eigenvalue weighted by molar-refractivity contribution is 5.10. The molecule has 2 rings (SSSR count). The molecule has 1 N–H and O–H groups in total. The van der Waals surface area contributed by atoms with Crippen molar-refractivity contribution in [2.75, 3.05) is 13.1 Å². The number of hydrogen-bond donors (Lipinski definition) is 1. The largest absolute Gasteiger partial charge is 0.317 e. The highest BCUT2D eigenvalue weighted by Crippen LogP contribution is 2.22. The zero-order valence-electron chi connectivity index (χ0n) is 9.42. The fraction of sp³-hybridized carbons (Fsp3) is 0.727. The second-order valence-electron chi connectivity index (χ2n) is 4.39. The summed E-state index contributed by atoms with van der Waals surface area (Å²) in [4.78, 5) is 0. The molecule has 0 saturated carbocycles. The molecule has 16 heavy (non-hydrogen) atoms. The van der Waals surface area contributed by atoms with Gasteiger partial charge in [-0.15, -0.1) is 0 Å². The van der Waals surface area contributed by atoms with Gasteiger partial charge in [-0.05, 0) is 44.8 Å². The molecule has 1 aromatic rings. The molecule has 0 aliphatic carbocycles. The minimum atomic E-state index is -2.43. The molecule has 0 aromatic carbocycles. The third-order valence-corrected chi connectivity index (χ3v) is 3.05. The summed E-state index contributed by atoms with van der Waals surface area (Å²) < 4.78 is 26.9. The molecular formula is C11H17F2N3. The molecule has 5 heteroatoms. The first-order valence-electron chi connectivity index (χ1n) is 5.70. The number of nitrogens with zero attached hydrogens (tertiary/aromatic N) is 2. The molecule has 0 amide bonds. The number of aryl methyl sites for hydroxylation is 1. The first-order valence-corrected chi connectivity index (χ1v) is 5.70. The maximum atomic E-state index is 12.7. The Morgan fingerprint density at radius 2 is 2.19 bits per heavy atom. The van der Waals surface area contributed by atoms with Crippen LogP contribution in [0.4, 0.5) is 8.78 Å². The zero-order chi connectivity index (χ0) is 11.5. The highest BCUT2D eigenvalue weighted by Gasteiger charge is 2.19. The molecule has 1 aromatic heterocycles. The van der Waals surface area contributed by atoms with E-state index in [-0.39, 0.29) is 5.69 Å². The van der Waals surface area contributed by atoms with Crippen molar-refractivity contribution in [3.8, 4) is 0 Å². The number of aromatic nitrogens is 2. The van der Waals surface area contributed by atoms with E-state index in [4.69, 9.17) is 0 Å². The Labute approximate surface area is 93.8 Å². The third kappa shape index (κ3) is 2.58. The molecule has 2 heterocycles. The lowest BCUT2D eigenvalue weighted by atomic mass is 9.98. The first kappa shape index (κ1) is 11.5. The lowest BCUT2D eigenvalue weighted by Crippen LogP contribution is -2.30. The van der Waals surface area contributed by atoms with Crippen molar-refractivity contribution >= 4 is 0 Å². The number of hydrogen-bond acceptors (Lipinski definition) is 2. The van der Waals surface area contributed by atoms with Crippen LogP contribution in [-0.4, -0.2) is 22.9 Å². The van der Waals surface area contributed by atoms with Crippen molar-refractivity contribution in [2.45, 2.75) is 32.7 Å². The smallest absolute Gasteiger partial charge is 0.280 e. The molecule has 1 aliphatic rings. The molecule has 1 aliphatic heterocycles. The molecule has 3 nitrogen and oxygen atoms in total. The van der Waals surface area contributed by atoms with E-state index in [1.165, 1.54) is 10.7 Å². The second kappa shape index (κ2) is 4.91. The summed E-state index contributed by atoms with van der Waals surface area (Å²) in [6, 6.07) is 1.48. The van der Waals surface area contributed by atoms with Gasteiger partial charge in [0, 0.05) is 6.54 Å². The Kier molecular flexibility index (Phi) is 3.53. The minimum absolute atomic E-state index is 0.0519. The Morgan fingerprint density at radius 1 is 1.50 bits per heavy atom. The molecule has 0 spiro atoms. The molecule has 0 atom stereocenters. The van der Waals surface area contributed by atoms with Gasteiger partial charge >= 0.3 is 0 Å². The van der Waals surface area contributed by atoms with Crippen molar-refractivity contribution in [2.24, 2.45) is 5.92 Å². The van der Waals surface area contributed by atoms with E-state index < -0.39 is 6.43 Å². The summed E-state index contributed by atoms with van der Waals surface area (Å²) in [5.74, 6) is 0.470. The van der Waals surface area contributed by atoms with Crippen molar-refractivity contribution < 1.29 is 8.78 Å². The van der Waals surface area contributed by atoms with Gasteiger partial charge in [0.15, 0.2) is 0 Å². The van der Waals surface area contributed by atoms with Gasteiger partial charge < -0.3 is 5.32 Å². The van der Waals surface area contributed by atoms with Crippen molar-refractivity contribution in [1.82, 2.24) is 15.1 Å². The summed E-state index contributed by atoms with van der Waals surface area (Å²) in [7, 11) is 0. The summed E-state index contributed by atoms with van der Waals surface area (Å²) in [6.07, 6.45) is -0.341. The first-order chi connectivity index (χ1) is 7.66. The molecule has 0 unspecified atom stereocenters. The summed E-state index contributed by atoms with van der Waals surface area (Å²) in [6.45, 7) is 4.34. The second-order valence-corrected chi connectivity index (χ2v) is 4.39. The lowest BCUT2D eigenvalue weighted by Gasteiger charge is -2.23. The monoisotopic (exact) mass is 229 g/mol. The van der Waals surface area contributed by atoms with Crippen LogP contribution in [0.1, 0.15) is 30.7 Å². The van der Waals surface area contributed by atoms with Crippen molar-refractivity contribution in [3.63, 3.8) is 0 Å². The van der Waals surface area contributed by atoms with E-state index in [1.807, 2.05) is 0 Å². The molecule has 1 saturated heterocycles. The quantitative estimate of drug-likeness (QED) is 0.860. The zero-order valence-corrected chi connectivity index (χ0v) is 9.42. The van der Waals surface area contributed by atoms with Gasteiger partial charge in [0.05, 0.1) is 5.69 Å². The molecule has 0 bridgehead atoms. The fourth-order valence-electron chi connectivity index (χ4n) is 2.20. The lowest BCUT2D eigenvalue weighted by molar-refractivity contribution is 0.136. The predicted molar refractivity (Wildman–Crippen MR) is 57.5 cm³/mol. The Bertz CT molecular complexity index is 343. The van der Waals surface area contributed by atoms with E-state index in [0.29, 0.717) is 18.2 Å². The van der Waals surface area contributed by atoms with Crippen molar-refractivity contribution in [3.05, 3.63) is 17.5 Å². The third-order valence-electron chi connectivity index (χ3n) is 3.05. The molecule has 0 radical (unpaired) electrons. The Morgan fingerprint density at radius 3 is 2.81 bits per heavy atom. The summed E-state index contributed by atoms with van der Waals surface area (Å²) in [5, 5.41) is 7.41.